The maximum Gasteiger partial charge on any atom is 0.332 e. The second kappa shape index (κ2) is 4.82. The Kier molecular flexibility index (Phi) is 5.22. The Bertz CT molecular complexity index is 151. The Morgan fingerprint density at radius 3 is 2.36 bits per heavy atom. The molecule has 0 heterocycles. The average Bonchev–Trinajstić information content (AvgIpc) is 1.85. The van der Waals surface area contributed by atoms with Crippen LogP contribution in [0.4, 0.5) is 4.39 Å². The summed E-state index contributed by atoms with van der Waals surface area (Å²) >= 11 is 15.2. The van der Waals surface area contributed by atoms with E-state index >= 15 is 0 Å². The van der Waals surface area contributed by atoms with Gasteiger partial charge in [-0.3, -0.25) is 4.21 Å². The van der Waals surface area contributed by atoms with Crippen molar-refractivity contribution in [3.8, 4) is 0 Å². The van der Waals surface area contributed by atoms with E-state index in [1.165, 1.54) is 0 Å². The zero-order chi connectivity index (χ0) is 9.07. The summed E-state index contributed by atoms with van der Waals surface area (Å²) in [6.45, 7) is 0.108. The molecule has 0 bridgehead atoms. The molecule has 0 rings (SSSR count). The molecule has 0 saturated carbocycles. The van der Waals surface area contributed by atoms with Crippen molar-refractivity contribution in [3.05, 3.63) is 0 Å². The standard InChI is InChI=1S/C4H7Cl3FNOS/c5-3(1-9)2-11(10)4(6,7)8/h3H,1-2,9H2. The van der Waals surface area contributed by atoms with Crippen molar-refractivity contribution in [2.45, 2.75) is 9.30 Å². The van der Waals surface area contributed by atoms with Crippen LogP contribution in [0.3, 0.4) is 0 Å². The molecule has 7 heteroatoms. The first kappa shape index (κ1) is 11.9. The van der Waals surface area contributed by atoms with E-state index in [2.05, 4.69) is 0 Å². The van der Waals surface area contributed by atoms with Gasteiger partial charge < -0.3 is 5.73 Å². The normalized spacial score (nSPS) is 17.9. The second-order valence-corrected chi connectivity index (χ2v) is 5.68. The van der Waals surface area contributed by atoms with Crippen LogP contribution in [0.5, 0.6) is 0 Å². The van der Waals surface area contributed by atoms with Crippen molar-refractivity contribution in [2.24, 2.45) is 5.73 Å². The first-order chi connectivity index (χ1) is 4.88. The number of halogens is 4. The maximum atomic E-state index is 12.4. The summed E-state index contributed by atoms with van der Waals surface area (Å²) in [5, 5.41) is -0.566. The summed E-state index contributed by atoms with van der Waals surface area (Å²) in [6.07, 6.45) is 0. The highest BCUT2D eigenvalue weighted by molar-refractivity contribution is 7.89. The van der Waals surface area contributed by atoms with Gasteiger partial charge in [0.15, 0.2) is 0 Å². The summed E-state index contributed by atoms with van der Waals surface area (Å²) < 4.78 is 20.4. The highest BCUT2D eigenvalue weighted by Gasteiger charge is 2.32. The van der Waals surface area contributed by atoms with E-state index in [1.807, 2.05) is 0 Å². The van der Waals surface area contributed by atoms with Crippen molar-refractivity contribution in [3.63, 3.8) is 0 Å². The predicted molar refractivity (Wildman–Crippen MR) is 47.2 cm³/mol. The van der Waals surface area contributed by atoms with Gasteiger partial charge in [0.2, 0.25) is 0 Å². The number of hydrogen-bond acceptors (Lipinski definition) is 2. The van der Waals surface area contributed by atoms with E-state index in [4.69, 9.17) is 40.5 Å². The molecule has 0 amide bonds. The maximum absolute atomic E-state index is 12.4. The van der Waals surface area contributed by atoms with Crippen molar-refractivity contribution in [1.29, 1.82) is 0 Å². The first-order valence-corrected chi connectivity index (χ1v) is 5.18. The minimum absolute atomic E-state index is 0.108. The van der Waals surface area contributed by atoms with Crippen molar-refractivity contribution < 1.29 is 8.60 Å². The van der Waals surface area contributed by atoms with Crippen molar-refractivity contribution in [2.75, 3.05) is 12.3 Å². The minimum Gasteiger partial charge on any atom is -0.329 e. The topological polar surface area (TPSA) is 43.1 Å². The summed E-state index contributed by atoms with van der Waals surface area (Å²) in [4.78, 5) is 0. The van der Waals surface area contributed by atoms with Crippen LogP contribution in [0.25, 0.3) is 0 Å². The average molecular weight is 243 g/mol. The van der Waals surface area contributed by atoms with Gasteiger partial charge in [0.1, 0.15) is 0 Å². The monoisotopic (exact) mass is 241 g/mol. The van der Waals surface area contributed by atoms with Gasteiger partial charge in [0, 0.05) is 12.3 Å². The second-order valence-electron chi connectivity index (χ2n) is 1.79. The lowest BCUT2D eigenvalue weighted by molar-refractivity contribution is 0.497. The molecule has 0 aliphatic rings. The van der Waals surface area contributed by atoms with Gasteiger partial charge in [-0.25, -0.2) is 0 Å². The molecule has 2 N–H and O–H groups in total. The molecule has 0 aromatic heterocycles. The fraction of sp³-hybridized carbons (Fsp3) is 1.00. The lowest BCUT2D eigenvalue weighted by Crippen LogP contribution is -2.26. The minimum atomic E-state index is -2.73. The van der Waals surface area contributed by atoms with Gasteiger partial charge in [0.25, 0.3) is 0 Å². The summed E-state index contributed by atoms with van der Waals surface area (Å²) in [5.74, 6) is -0.151. The Hall–Kier alpha value is 0.910. The molecule has 68 valence electrons. The van der Waals surface area contributed by atoms with Crippen LogP contribution < -0.4 is 5.73 Å². The molecular formula is C4H7Cl3FNOS. The number of nitrogens with two attached hydrogens (primary N) is 1. The van der Waals surface area contributed by atoms with Gasteiger partial charge in [-0.05, 0) is 0 Å². The van der Waals surface area contributed by atoms with E-state index in [0.29, 0.717) is 0 Å². The lowest BCUT2D eigenvalue weighted by Gasteiger charge is -2.10. The lowest BCUT2D eigenvalue weighted by atomic mass is 10.5. The fourth-order valence-corrected chi connectivity index (χ4v) is 1.70. The molecular weight excluding hydrogens is 235 g/mol. The van der Waals surface area contributed by atoms with E-state index < -0.39 is 20.1 Å². The van der Waals surface area contributed by atoms with Crippen LogP contribution >= 0.6 is 34.8 Å². The van der Waals surface area contributed by atoms with Crippen molar-refractivity contribution >= 4 is 45.6 Å². The van der Waals surface area contributed by atoms with Crippen LogP contribution in [-0.2, 0) is 10.8 Å². The largest absolute Gasteiger partial charge is 0.332 e. The molecule has 2 nitrogen and oxygen atoms in total. The Morgan fingerprint density at radius 2 is 2.09 bits per heavy atom. The Labute approximate surface area is 81.6 Å². The molecule has 0 aliphatic carbocycles. The van der Waals surface area contributed by atoms with Gasteiger partial charge in [-0.2, -0.15) is 4.39 Å². The van der Waals surface area contributed by atoms with Crippen molar-refractivity contribution in [1.82, 2.24) is 0 Å². The van der Waals surface area contributed by atoms with E-state index in [0.717, 1.165) is 0 Å². The van der Waals surface area contributed by atoms with Crippen LogP contribution in [0.2, 0.25) is 0 Å². The zero-order valence-corrected chi connectivity index (χ0v) is 8.48. The first-order valence-electron chi connectivity index (χ1n) is 2.67. The molecule has 0 fully saturated rings. The molecule has 2 unspecified atom stereocenters. The molecule has 0 spiro atoms. The van der Waals surface area contributed by atoms with E-state index in [1.54, 1.807) is 0 Å². The van der Waals surface area contributed by atoms with Crippen LogP contribution in [0.15, 0.2) is 0 Å². The molecule has 0 radical (unpaired) electrons. The molecule has 2 atom stereocenters. The smallest absolute Gasteiger partial charge is 0.329 e. The molecule has 0 aliphatic heterocycles. The highest BCUT2D eigenvalue weighted by Crippen LogP contribution is 2.27. The number of rotatable bonds is 4. The summed E-state index contributed by atoms with van der Waals surface area (Å²) in [6, 6.07) is 0. The van der Waals surface area contributed by atoms with Gasteiger partial charge in [-0.1, -0.05) is 23.2 Å². The third-order valence-corrected chi connectivity index (χ3v) is 3.62. The van der Waals surface area contributed by atoms with Gasteiger partial charge >= 0.3 is 3.92 Å². The third kappa shape index (κ3) is 5.20. The SMILES string of the molecule is NCC(Cl)CS(=O)C(F)(Cl)Cl. The van der Waals surface area contributed by atoms with Gasteiger partial charge in [0.05, 0.1) is 16.2 Å². The molecule has 0 aromatic rings. The predicted octanol–water partition coefficient (Wildman–Crippen LogP) is 1.36. The Balaban J connectivity index is 3.88. The molecule has 11 heavy (non-hydrogen) atoms. The zero-order valence-electron chi connectivity index (χ0n) is 5.40. The van der Waals surface area contributed by atoms with E-state index in [9.17, 15) is 8.60 Å². The number of alkyl halides is 4. The third-order valence-electron chi connectivity index (χ3n) is 0.846. The van der Waals surface area contributed by atoms with E-state index in [-0.39, 0.29) is 12.3 Å². The fourth-order valence-electron chi connectivity index (χ4n) is 0.327. The number of hydrogen-bond donors (Lipinski definition) is 1. The van der Waals surface area contributed by atoms with Crippen LogP contribution in [0.1, 0.15) is 0 Å². The Morgan fingerprint density at radius 1 is 1.64 bits per heavy atom. The molecule has 0 aromatic carbocycles. The van der Waals surface area contributed by atoms with Crippen LogP contribution in [-0.4, -0.2) is 25.8 Å². The molecule has 0 saturated heterocycles. The summed E-state index contributed by atoms with van der Waals surface area (Å²) in [7, 11) is -2.02. The quantitative estimate of drug-likeness (QED) is 0.757. The highest BCUT2D eigenvalue weighted by atomic mass is 35.5. The summed E-state index contributed by atoms with van der Waals surface area (Å²) in [5.41, 5.74) is 5.09. The van der Waals surface area contributed by atoms with Crippen LogP contribution in [0, 0.1) is 0 Å². The van der Waals surface area contributed by atoms with Gasteiger partial charge in [-0.15, -0.1) is 11.6 Å².